The Hall–Kier alpha value is -14.9. The summed E-state index contributed by atoms with van der Waals surface area (Å²) in [5.41, 5.74) is 26.0. The van der Waals surface area contributed by atoms with Crippen LogP contribution < -0.4 is 0 Å². The fraction of sp³-hybridized carbons (Fsp3) is 0. The Labute approximate surface area is 628 Å². The molecule has 510 valence electrons. The summed E-state index contributed by atoms with van der Waals surface area (Å²) in [7, 11) is 0. The predicted molar refractivity (Wildman–Crippen MR) is 448 cm³/mol. The van der Waals surface area contributed by atoms with Crippen LogP contribution in [-0.2, 0) is 0 Å². The van der Waals surface area contributed by atoms with Gasteiger partial charge >= 0.3 is 0 Å². The quantitative estimate of drug-likeness (QED) is 0.123. The molecular formula is C99H64N10. The molecule has 0 bridgehead atoms. The molecule has 8 aromatic heterocycles. The standard InChI is InChI=1S/C34H22N4.C33H21N3.C32H21N3/c1-2-4-30-28(3-1)22-37-34-19-27(9-10-31(30)34)23-5-7-24(8-6-23)29-20-32(25-11-15-35-16-12-25)38-33(21-29)26-13-17-36-18-14-26;1-2-8-23(9-3-1)32-33(36-30-13-7-6-12-29(30)35-32)24-16-14-22(15-17-24)25-18-19-28-27-11-5-4-10-26(27)21-34-31(28)20-25;1-2-9-26(10-3-1)35-31-13-7-6-12-29(31)34-32(35)23-16-14-22(15-17-23)24-18-19-28-27-11-5-4-8-25(27)21-33-30(28)20-24/h1-22H;1-21H;1-21H. The van der Waals surface area contributed by atoms with Crippen LogP contribution in [0.3, 0.4) is 0 Å². The van der Waals surface area contributed by atoms with E-state index in [1.165, 1.54) is 37.7 Å². The minimum absolute atomic E-state index is 0.887. The van der Waals surface area contributed by atoms with E-state index in [4.69, 9.17) is 34.9 Å². The zero-order valence-electron chi connectivity index (χ0n) is 58.9. The zero-order valence-corrected chi connectivity index (χ0v) is 58.9. The lowest BCUT2D eigenvalue weighted by molar-refractivity contribution is 1.10. The highest BCUT2D eigenvalue weighted by Crippen LogP contribution is 2.38. The maximum Gasteiger partial charge on any atom is 0.145 e. The SMILES string of the molecule is c1ccc(-c2nc3ccccc3nc2-c2ccc(-c3ccc4c(c3)ncc3ccccc34)cc2)cc1.c1ccc(-n2c(-c3ccc(-c4ccc5c(c4)ncc4ccccc45)cc3)nc3ccccc32)cc1.c1ccc2c(c1)cnc1cc(-c3ccc(-c4cc(-c5ccncc5)nc(-c5ccncc5)c4)cc3)ccc12. The van der Waals surface area contributed by atoms with Gasteiger partial charge in [0.2, 0.25) is 0 Å². The summed E-state index contributed by atoms with van der Waals surface area (Å²) in [4.78, 5) is 42.4. The summed E-state index contributed by atoms with van der Waals surface area (Å²) in [6, 6.07) is 120. The first-order valence-electron chi connectivity index (χ1n) is 36.3. The van der Waals surface area contributed by atoms with E-state index in [1.54, 1.807) is 24.8 Å². The molecule has 0 spiro atoms. The molecule has 0 N–H and O–H groups in total. The lowest BCUT2D eigenvalue weighted by Crippen LogP contribution is -1.97. The molecule has 0 amide bonds. The van der Waals surface area contributed by atoms with Crippen molar-refractivity contribution in [3.05, 3.63) is 389 Å². The molecule has 0 radical (unpaired) electrons. The van der Waals surface area contributed by atoms with Crippen molar-refractivity contribution in [3.63, 3.8) is 0 Å². The second-order valence-corrected chi connectivity index (χ2v) is 26.9. The third kappa shape index (κ3) is 13.0. The molecule has 109 heavy (non-hydrogen) atoms. The molecule has 21 aromatic rings. The first kappa shape index (κ1) is 64.9. The van der Waals surface area contributed by atoms with Gasteiger partial charge in [-0.2, -0.15) is 0 Å². The number of aromatic nitrogens is 10. The fourth-order valence-corrected chi connectivity index (χ4v) is 14.7. The zero-order chi connectivity index (χ0) is 72.4. The van der Waals surface area contributed by atoms with Gasteiger partial charge in [0.05, 0.1) is 61.4 Å². The van der Waals surface area contributed by atoms with Crippen LogP contribution in [0, 0.1) is 0 Å². The maximum absolute atomic E-state index is 5.02. The smallest absolute Gasteiger partial charge is 0.145 e. The Kier molecular flexibility index (Phi) is 17.1. The van der Waals surface area contributed by atoms with Crippen molar-refractivity contribution in [1.82, 2.24) is 49.4 Å². The Morgan fingerprint density at radius 3 is 1.00 bits per heavy atom. The summed E-state index contributed by atoms with van der Waals surface area (Å²) >= 11 is 0. The van der Waals surface area contributed by atoms with Crippen molar-refractivity contribution in [2.24, 2.45) is 0 Å². The van der Waals surface area contributed by atoms with E-state index in [0.29, 0.717) is 0 Å². The molecule has 0 atom stereocenters. The largest absolute Gasteiger partial charge is 0.292 e. The van der Waals surface area contributed by atoms with Gasteiger partial charge in [0.25, 0.3) is 0 Å². The summed E-state index contributed by atoms with van der Waals surface area (Å²) in [6.07, 6.45) is 13.1. The van der Waals surface area contributed by atoms with E-state index in [-0.39, 0.29) is 0 Å². The summed E-state index contributed by atoms with van der Waals surface area (Å²) in [5, 5.41) is 10.7. The van der Waals surface area contributed by atoms with Crippen LogP contribution in [-0.4, -0.2) is 49.4 Å². The van der Waals surface area contributed by atoms with Gasteiger partial charge in [0, 0.05) is 109 Å². The number of hydrogen-bond donors (Lipinski definition) is 0. The molecule has 0 saturated heterocycles. The van der Waals surface area contributed by atoms with Gasteiger partial charge in [-0.1, -0.05) is 255 Å². The number of para-hydroxylation sites is 5. The highest BCUT2D eigenvalue weighted by molar-refractivity contribution is 6.09. The van der Waals surface area contributed by atoms with Gasteiger partial charge in [-0.25, -0.2) is 19.9 Å². The monoisotopic (exact) mass is 1390 g/mol. The van der Waals surface area contributed by atoms with E-state index in [1.807, 2.05) is 97.5 Å². The number of imidazole rings is 1. The molecule has 10 nitrogen and oxygen atoms in total. The third-order valence-corrected chi connectivity index (χ3v) is 20.3. The number of benzene rings is 13. The van der Waals surface area contributed by atoms with Gasteiger partial charge in [-0.3, -0.25) is 29.5 Å². The average Bonchev–Trinajstić information content (AvgIpc) is 1.72. The van der Waals surface area contributed by atoms with Crippen molar-refractivity contribution >= 4 is 87.1 Å². The second-order valence-electron chi connectivity index (χ2n) is 26.9. The van der Waals surface area contributed by atoms with E-state index < -0.39 is 0 Å². The Morgan fingerprint density at radius 1 is 0.202 bits per heavy atom. The lowest BCUT2D eigenvalue weighted by atomic mass is 9.97. The fourth-order valence-electron chi connectivity index (χ4n) is 14.7. The van der Waals surface area contributed by atoms with Crippen molar-refractivity contribution in [2.45, 2.75) is 0 Å². The van der Waals surface area contributed by atoms with Crippen LogP contribution in [0.4, 0.5) is 0 Å². The molecule has 21 rings (SSSR count). The van der Waals surface area contributed by atoms with Crippen LogP contribution in [0.5, 0.6) is 0 Å². The molecule has 0 saturated carbocycles. The van der Waals surface area contributed by atoms with E-state index in [2.05, 4.69) is 281 Å². The number of hydrogen-bond acceptors (Lipinski definition) is 9. The molecule has 0 aliphatic heterocycles. The molecule has 0 unspecified atom stereocenters. The Morgan fingerprint density at radius 2 is 0.550 bits per heavy atom. The minimum atomic E-state index is 0.887. The van der Waals surface area contributed by atoms with Crippen LogP contribution in [0.25, 0.3) is 194 Å². The number of fused-ring (bicyclic) bond motifs is 11. The van der Waals surface area contributed by atoms with Crippen molar-refractivity contribution in [2.75, 3.05) is 0 Å². The Balaban J connectivity index is 0.000000111. The van der Waals surface area contributed by atoms with Gasteiger partial charge in [0.15, 0.2) is 0 Å². The normalized spacial score (nSPS) is 11.3. The number of nitrogens with zero attached hydrogens (tertiary/aromatic N) is 10. The molecule has 0 aliphatic rings. The van der Waals surface area contributed by atoms with Gasteiger partial charge in [-0.15, -0.1) is 0 Å². The lowest BCUT2D eigenvalue weighted by Gasteiger charge is -2.11. The van der Waals surface area contributed by atoms with Gasteiger partial charge in [0.1, 0.15) is 5.82 Å². The summed E-state index contributed by atoms with van der Waals surface area (Å²) in [5.74, 6) is 0.940. The number of rotatable bonds is 10. The van der Waals surface area contributed by atoms with Gasteiger partial charge < -0.3 is 0 Å². The number of pyridine rings is 6. The summed E-state index contributed by atoms with van der Waals surface area (Å²) < 4.78 is 2.23. The van der Waals surface area contributed by atoms with E-state index in [0.717, 1.165) is 156 Å². The summed E-state index contributed by atoms with van der Waals surface area (Å²) in [6.45, 7) is 0. The topological polar surface area (TPSA) is 121 Å². The first-order chi connectivity index (χ1) is 54.0. The molecule has 13 aromatic carbocycles. The molecular weight excluding hydrogens is 1330 g/mol. The van der Waals surface area contributed by atoms with Crippen molar-refractivity contribution in [1.29, 1.82) is 0 Å². The molecule has 10 heteroatoms. The highest BCUT2D eigenvalue weighted by atomic mass is 15.1. The van der Waals surface area contributed by atoms with E-state index >= 15 is 0 Å². The van der Waals surface area contributed by atoms with E-state index in [9.17, 15) is 0 Å². The molecule has 0 fully saturated rings. The third-order valence-electron chi connectivity index (χ3n) is 20.3. The average molecular weight is 1390 g/mol. The van der Waals surface area contributed by atoms with Crippen LogP contribution >= 0.6 is 0 Å². The van der Waals surface area contributed by atoms with Gasteiger partial charge in [-0.05, 0) is 152 Å². The van der Waals surface area contributed by atoms with Crippen LogP contribution in [0.15, 0.2) is 389 Å². The predicted octanol–water partition coefficient (Wildman–Crippen LogP) is 24.6. The maximum atomic E-state index is 5.02. The highest BCUT2D eigenvalue weighted by Gasteiger charge is 2.18. The second kappa shape index (κ2) is 28.6. The van der Waals surface area contributed by atoms with Crippen LogP contribution in [0.2, 0.25) is 0 Å². The van der Waals surface area contributed by atoms with Crippen molar-refractivity contribution in [3.8, 4) is 107 Å². The molecule has 8 heterocycles. The Bertz CT molecular complexity index is 6880. The van der Waals surface area contributed by atoms with Crippen molar-refractivity contribution < 1.29 is 0 Å². The minimum Gasteiger partial charge on any atom is -0.292 e. The first-order valence-corrected chi connectivity index (χ1v) is 36.3. The van der Waals surface area contributed by atoms with Crippen LogP contribution in [0.1, 0.15) is 0 Å². The molecule has 0 aliphatic carbocycles.